The summed E-state index contributed by atoms with van der Waals surface area (Å²) in [5, 5.41) is 3.66. The number of benzene rings is 1. The van der Waals surface area contributed by atoms with Crippen molar-refractivity contribution < 1.29 is 9.59 Å². The van der Waals surface area contributed by atoms with Crippen LogP contribution in [0.15, 0.2) is 39.7 Å². The minimum absolute atomic E-state index is 0.254. The van der Waals surface area contributed by atoms with E-state index in [-0.39, 0.29) is 10.5 Å². The van der Waals surface area contributed by atoms with Crippen molar-refractivity contribution in [3.63, 3.8) is 0 Å². The van der Waals surface area contributed by atoms with Crippen LogP contribution in [0.25, 0.3) is 0 Å². The molecule has 0 spiro atoms. The van der Waals surface area contributed by atoms with Gasteiger partial charge in [0.2, 0.25) is 4.80 Å². The van der Waals surface area contributed by atoms with Crippen LogP contribution in [0, 0.1) is 0 Å². The second kappa shape index (κ2) is 8.56. The monoisotopic (exact) mass is 371 g/mol. The SMILES string of the molecule is CSC(=O)N=c1sc(SCc2ccccc2)nn1C(=O)SC. The molecule has 1 amide bonds. The standard InChI is InChI=1S/C13H13N3O2S4/c1-19-11(17)14-10-16(13(18)20-2)15-12(22-10)21-8-9-6-4-3-5-7-9/h3-7H,8H2,1-2H3. The Hall–Kier alpha value is -1.03. The number of carbonyl (C=O) groups is 2. The Labute approximate surface area is 144 Å². The molecule has 1 aromatic heterocycles. The quantitative estimate of drug-likeness (QED) is 0.761. The molecule has 0 N–H and O–H groups in total. The van der Waals surface area contributed by atoms with Gasteiger partial charge in [0, 0.05) is 5.75 Å². The first-order valence-electron chi connectivity index (χ1n) is 6.12. The summed E-state index contributed by atoms with van der Waals surface area (Å²) >= 11 is 4.80. The van der Waals surface area contributed by atoms with Gasteiger partial charge in [-0.2, -0.15) is 9.67 Å². The molecule has 0 aliphatic carbocycles. The van der Waals surface area contributed by atoms with Crippen molar-refractivity contribution in [3.8, 4) is 0 Å². The molecule has 0 atom stereocenters. The number of amides is 1. The molecular weight excluding hydrogens is 358 g/mol. The van der Waals surface area contributed by atoms with E-state index in [2.05, 4.69) is 10.1 Å². The number of hydrogen-bond donors (Lipinski definition) is 0. The molecule has 2 aromatic rings. The molecule has 0 bridgehead atoms. The van der Waals surface area contributed by atoms with Crippen molar-refractivity contribution in [2.45, 2.75) is 10.1 Å². The normalized spacial score (nSPS) is 11.6. The van der Waals surface area contributed by atoms with Gasteiger partial charge in [0.05, 0.1) is 0 Å². The van der Waals surface area contributed by atoms with Gasteiger partial charge >= 0.3 is 10.5 Å². The lowest BCUT2D eigenvalue weighted by atomic mass is 10.2. The minimum atomic E-state index is -0.342. The minimum Gasteiger partial charge on any atom is -0.259 e. The third-order valence-electron chi connectivity index (χ3n) is 2.46. The van der Waals surface area contributed by atoms with Crippen LogP contribution in [0.2, 0.25) is 0 Å². The van der Waals surface area contributed by atoms with Gasteiger partial charge in [-0.1, -0.05) is 77.0 Å². The molecule has 2 rings (SSSR count). The van der Waals surface area contributed by atoms with Crippen LogP contribution in [0.3, 0.4) is 0 Å². The highest BCUT2D eigenvalue weighted by molar-refractivity contribution is 8.13. The molecule has 116 valence electrons. The zero-order valence-corrected chi connectivity index (χ0v) is 15.2. The zero-order chi connectivity index (χ0) is 15.9. The maximum atomic E-state index is 11.9. The van der Waals surface area contributed by atoms with Gasteiger partial charge in [-0.25, -0.2) is 0 Å². The summed E-state index contributed by atoms with van der Waals surface area (Å²) in [5.41, 5.74) is 1.17. The molecule has 1 aromatic carbocycles. The van der Waals surface area contributed by atoms with Crippen LogP contribution in [0.1, 0.15) is 5.56 Å². The van der Waals surface area contributed by atoms with Gasteiger partial charge in [-0.05, 0) is 18.1 Å². The number of rotatable bonds is 3. The molecule has 5 nitrogen and oxygen atoms in total. The predicted molar refractivity (Wildman–Crippen MR) is 94.9 cm³/mol. The molecule has 1 heterocycles. The molecular formula is C13H13N3O2S4. The maximum absolute atomic E-state index is 11.9. The molecule has 0 aliphatic heterocycles. The fraction of sp³-hybridized carbons (Fsp3) is 0.231. The van der Waals surface area contributed by atoms with E-state index in [1.807, 2.05) is 30.3 Å². The first-order chi connectivity index (χ1) is 10.6. The van der Waals surface area contributed by atoms with Crippen LogP contribution >= 0.6 is 46.6 Å². The summed E-state index contributed by atoms with van der Waals surface area (Å²) < 4.78 is 1.90. The van der Waals surface area contributed by atoms with Crippen molar-refractivity contribution in [2.24, 2.45) is 4.99 Å². The molecule has 0 radical (unpaired) electrons. The van der Waals surface area contributed by atoms with Crippen molar-refractivity contribution in [1.82, 2.24) is 9.78 Å². The third-order valence-corrected chi connectivity index (χ3v) is 5.53. The van der Waals surface area contributed by atoms with Gasteiger partial charge in [-0.15, -0.1) is 5.10 Å². The Morgan fingerprint density at radius 3 is 2.59 bits per heavy atom. The largest absolute Gasteiger partial charge is 0.308 e. The summed E-state index contributed by atoms with van der Waals surface area (Å²) in [5.74, 6) is 0.748. The fourth-order valence-electron chi connectivity index (χ4n) is 1.44. The fourth-order valence-corrected chi connectivity index (χ4v) is 3.91. The maximum Gasteiger partial charge on any atom is 0.308 e. The van der Waals surface area contributed by atoms with Crippen LogP contribution in [-0.4, -0.2) is 32.8 Å². The molecule has 9 heteroatoms. The topological polar surface area (TPSA) is 64.3 Å². The van der Waals surface area contributed by atoms with Gasteiger partial charge in [0.25, 0.3) is 0 Å². The number of aromatic nitrogens is 2. The molecule has 0 saturated carbocycles. The van der Waals surface area contributed by atoms with E-state index >= 15 is 0 Å². The van der Waals surface area contributed by atoms with Gasteiger partial charge in [-0.3, -0.25) is 9.59 Å². The van der Waals surface area contributed by atoms with Crippen LogP contribution in [0.4, 0.5) is 9.59 Å². The van der Waals surface area contributed by atoms with Crippen molar-refractivity contribution in [3.05, 3.63) is 40.7 Å². The first-order valence-corrected chi connectivity index (χ1v) is 10.4. The molecule has 0 saturated heterocycles. The van der Waals surface area contributed by atoms with E-state index in [9.17, 15) is 9.59 Å². The summed E-state index contributed by atoms with van der Waals surface area (Å²) in [7, 11) is 0. The summed E-state index contributed by atoms with van der Waals surface area (Å²) in [4.78, 5) is 27.6. The van der Waals surface area contributed by atoms with E-state index in [0.29, 0.717) is 9.14 Å². The Balaban J connectivity index is 2.24. The lowest BCUT2D eigenvalue weighted by molar-refractivity contribution is 0.258. The van der Waals surface area contributed by atoms with Crippen molar-refractivity contribution >= 4 is 57.1 Å². The number of hydrogen-bond acceptors (Lipinski definition) is 7. The lowest BCUT2D eigenvalue weighted by Gasteiger charge is -1.97. The number of thioether (sulfide) groups is 3. The predicted octanol–water partition coefficient (Wildman–Crippen LogP) is 3.95. The van der Waals surface area contributed by atoms with E-state index in [0.717, 1.165) is 29.3 Å². The Bertz CT molecular complexity index is 724. The summed E-state index contributed by atoms with van der Waals surface area (Å²) in [6, 6.07) is 9.99. The zero-order valence-electron chi connectivity index (χ0n) is 11.9. The number of carbonyl (C=O) groups excluding carboxylic acids is 2. The smallest absolute Gasteiger partial charge is 0.259 e. The molecule has 22 heavy (non-hydrogen) atoms. The molecule has 0 fully saturated rings. The summed E-state index contributed by atoms with van der Waals surface area (Å²) in [6.07, 6.45) is 3.32. The van der Waals surface area contributed by atoms with E-state index in [4.69, 9.17) is 0 Å². The Kier molecular flexibility index (Phi) is 6.74. The Morgan fingerprint density at radius 1 is 1.23 bits per heavy atom. The first kappa shape index (κ1) is 17.3. The van der Waals surface area contributed by atoms with Crippen LogP contribution < -0.4 is 4.80 Å². The van der Waals surface area contributed by atoms with Gasteiger partial charge in [0.15, 0.2) is 4.34 Å². The average Bonchev–Trinajstić information content (AvgIpc) is 2.95. The Morgan fingerprint density at radius 2 is 1.95 bits per heavy atom. The van der Waals surface area contributed by atoms with E-state index in [1.54, 1.807) is 12.5 Å². The molecule has 0 unspecified atom stereocenters. The van der Waals surface area contributed by atoms with Crippen molar-refractivity contribution in [2.75, 3.05) is 12.5 Å². The van der Waals surface area contributed by atoms with Gasteiger partial charge in [0.1, 0.15) is 0 Å². The third kappa shape index (κ3) is 4.73. The lowest BCUT2D eigenvalue weighted by Crippen LogP contribution is -2.22. The number of nitrogens with zero attached hydrogens (tertiary/aromatic N) is 3. The second-order valence-electron chi connectivity index (χ2n) is 3.89. The van der Waals surface area contributed by atoms with Crippen molar-refractivity contribution in [1.29, 1.82) is 0 Å². The second-order valence-corrected chi connectivity index (χ2v) is 7.58. The highest BCUT2D eigenvalue weighted by atomic mass is 32.2. The highest BCUT2D eigenvalue weighted by Gasteiger charge is 2.13. The van der Waals surface area contributed by atoms with Crippen LogP contribution in [-0.2, 0) is 5.75 Å². The van der Waals surface area contributed by atoms with Crippen LogP contribution in [0.5, 0.6) is 0 Å². The molecule has 0 aliphatic rings. The average molecular weight is 372 g/mol. The highest BCUT2D eigenvalue weighted by Crippen LogP contribution is 2.23. The summed E-state index contributed by atoms with van der Waals surface area (Å²) in [6.45, 7) is 0. The van der Waals surface area contributed by atoms with Gasteiger partial charge < -0.3 is 0 Å². The van der Waals surface area contributed by atoms with E-state index < -0.39 is 0 Å². The van der Waals surface area contributed by atoms with E-state index in [1.165, 1.54) is 33.3 Å².